The normalized spacial score (nSPS) is 14.3. The average Bonchev–Trinajstić information content (AvgIpc) is 2.81. The lowest BCUT2D eigenvalue weighted by Crippen LogP contribution is -2.34. The third-order valence-electron chi connectivity index (χ3n) is 3.15. The standard InChI is InChI=1S/C17H28N2O2S/c1-12(20)9-17(5,6)11-19-14(21)8-7-13-10-18-15(22-13)16(2,3)4/h7-8,10,12,20H,9,11H2,1-6H3,(H,19,21). The summed E-state index contributed by atoms with van der Waals surface area (Å²) in [5.41, 5.74) is -0.0917. The van der Waals surface area contributed by atoms with Crippen LogP contribution >= 0.6 is 11.3 Å². The lowest BCUT2D eigenvalue weighted by atomic mass is 9.87. The quantitative estimate of drug-likeness (QED) is 0.789. The summed E-state index contributed by atoms with van der Waals surface area (Å²) >= 11 is 1.60. The second kappa shape index (κ2) is 7.38. The van der Waals surface area contributed by atoms with Gasteiger partial charge in [0.2, 0.25) is 5.91 Å². The number of hydrogen-bond acceptors (Lipinski definition) is 4. The maximum atomic E-state index is 11.9. The van der Waals surface area contributed by atoms with E-state index in [-0.39, 0.29) is 22.8 Å². The highest BCUT2D eigenvalue weighted by atomic mass is 32.1. The van der Waals surface area contributed by atoms with Crippen LogP contribution in [0, 0.1) is 5.41 Å². The van der Waals surface area contributed by atoms with E-state index in [4.69, 9.17) is 0 Å². The maximum absolute atomic E-state index is 11.9. The van der Waals surface area contributed by atoms with Crippen LogP contribution in [0.5, 0.6) is 0 Å². The van der Waals surface area contributed by atoms with Crippen LogP contribution in [0.2, 0.25) is 0 Å². The Kier molecular flexibility index (Phi) is 6.32. The van der Waals surface area contributed by atoms with Crippen molar-refractivity contribution in [2.24, 2.45) is 5.41 Å². The third kappa shape index (κ3) is 6.71. The highest BCUT2D eigenvalue weighted by molar-refractivity contribution is 7.12. The molecule has 22 heavy (non-hydrogen) atoms. The van der Waals surface area contributed by atoms with Crippen molar-refractivity contribution >= 4 is 23.3 Å². The summed E-state index contributed by atoms with van der Waals surface area (Å²) in [6, 6.07) is 0. The molecule has 0 aliphatic carbocycles. The molecule has 0 spiro atoms. The molecule has 0 radical (unpaired) electrons. The number of rotatable bonds is 6. The Hall–Kier alpha value is -1.20. The van der Waals surface area contributed by atoms with Gasteiger partial charge in [0.25, 0.3) is 0 Å². The highest BCUT2D eigenvalue weighted by Crippen LogP contribution is 2.27. The minimum atomic E-state index is -0.365. The van der Waals surface area contributed by atoms with Gasteiger partial charge < -0.3 is 10.4 Å². The van der Waals surface area contributed by atoms with E-state index >= 15 is 0 Å². The van der Waals surface area contributed by atoms with Gasteiger partial charge in [0.1, 0.15) is 0 Å². The fraction of sp³-hybridized carbons (Fsp3) is 0.647. The Morgan fingerprint density at radius 2 is 2.05 bits per heavy atom. The van der Waals surface area contributed by atoms with Gasteiger partial charge in [-0.05, 0) is 24.8 Å². The molecule has 0 aromatic carbocycles. The van der Waals surface area contributed by atoms with E-state index in [2.05, 4.69) is 31.1 Å². The van der Waals surface area contributed by atoms with Crippen LogP contribution in [0.4, 0.5) is 0 Å². The summed E-state index contributed by atoms with van der Waals surface area (Å²) < 4.78 is 0. The fourth-order valence-corrected chi connectivity index (χ4v) is 3.00. The second-order valence-electron chi connectivity index (χ2n) is 7.59. The van der Waals surface area contributed by atoms with Crippen LogP contribution in [0.1, 0.15) is 57.8 Å². The van der Waals surface area contributed by atoms with Crippen molar-refractivity contribution in [3.05, 3.63) is 22.2 Å². The van der Waals surface area contributed by atoms with Gasteiger partial charge in [-0.3, -0.25) is 4.79 Å². The van der Waals surface area contributed by atoms with Gasteiger partial charge in [0, 0.05) is 29.1 Å². The maximum Gasteiger partial charge on any atom is 0.244 e. The number of aliphatic hydroxyl groups is 1. The molecular formula is C17H28N2O2S. The topological polar surface area (TPSA) is 62.2 Å². The number of aromatic nitrogens is 1. The lowest BCUT2D eigenvalue weighted by molar-refractivity contribution is -0.117. The SMILES string of the molecule is CC(O)CC(C)(C)CNC(=O)C=Cc1cnc(C(C)(C)C)s1. The van der Waals surface area contributed by atoms with Gasteiger partial charge in [-0.25, -0.2) is 4.98 Å². The smallest absolute Gasteiger partial charge is 0.244 e. The molecule has 0 fully saturated rings. The molecule has 0 aliphatic heterocycles. The van der Waals surface area contributed by atoms with Gasteiger partial charge >= 0.3 is 0 Å². The summed E-state index contributed by atoms with van der Waals surface area (Å²) in [5, 5.41) is 13.4. The molecule has 0 saturated carbocycles. The van der Waals surface area contributed by atoms with Gasteiger partial charge in [-0.1, -0.05) is 34.6 Å². The Bertz CT molecular complexity index is 525. The molecule has 1 atom stereocenters. The molecule has 1 aromatic rings. The summed E-state index contributed by atoms with van der Waals surface area (Å²) in [7, 11) is 0. The molecule has 124 valence electrons. The zero-order valence-electron chi connectivity index (χ0n) is 14.4. The number of carbonyl (C=O) groups excluding carboxylic acids is 1. The lowest BCUT2D eigenvalue weighted by Gasteiger charge is -2.26. The third-order valence-corrected chi connectivity index (χ3v) is 4.54. The van der Waals surface area contributed by atoms with Crippen molar-refractivity contribution in [2.45, 2.75) is 59.5 Å². The number of carbonyl (C=O) groups is 1. The first-order valence-corrected chi connectivity index (χ1v) is 8.41. The van der Waals surface area contributed by atoms with Crippen molar-refractivity contribution in [1.82, 2.24) is 10.3 Å². The van der Waals surface area contributed by atoms with E-state index in [0.29, 0.717) is 13.0 Å². The van der Waals surface area contributed by atoms with Gasteiger partial charge in [-0.15, -0.1) is 11.3 Å². The Labute approximate surface area is 137 Å². The first-order chi connectivity index (χ1) is 9.99. The van der Waals surface area contributed by atoms with Crippen LogP contribution in [-0.4, -0.2) is 28.6 Å². The Balaban J connectivity index is 2.53. The van der Waals surface area contributed by atoms with E-state index in [0.717, 1.165) is 9.88 Å². The van der Waals surface area contributed by atoms with Crippen molar-refractivity contribution in [3.8, 4) is 0 Å². The van der Waals surface area contributed by atoms with Crippen LogP contribution in [-0.2, 0) is 10.2 Å². The van der Waals surface area contributed by atoms with Crippen LogP contribution in [0.3, 0.4) is 0 Å². The van der Waals surface area contributed by atoms with E-state index < -0.39 is 0 Å². The first kappa shape index (κ1) is 18.8. The molecular weight excluding hydrogens is 296 g/mol. The average molecular weight is 324 g/mol. The number of hydrogen-bond donors (Lipinski definition) is 2. The Morgan fingerprint density at radius 3 is 2.55 bits per heavy atom. The molecule has 1 aromatic heterocycles. The zero-order valence-corrected chi connectivity index (χ0v) is 15.3. The second-order valence-corrected chi connectivity index (χ2v) is 8.65. The van der Waals surface area contributed by atoms with E-state index in [1.165, 1.54) is 0 Å². The molecule has 4 nitrogen and oxygen atoms in total. The Morgan fingerprint density at radius 1 is 1.41 bits per heavy atom. The molecule has 0 aliphatic rings. The molecule has 0 saturated heterocycles. The summed E-state index contributed by atoms with van der Waals surface area (Å²) in [4.78, 5) is 17.2. The molecule has 0 bridgehead atoms. The zero-order chi connectivity index (χ0) is 17.0. The molecule has 2 N–H and O–H groups in total. The predicted octanol–water partition coefficient (Wildman–Crippen LogP) is 3.37. The van der Waals surface area contributed by atoms with Crippen molar-refractivity contribution in [1.29, 1.82) is 0 Å². The first-order valence-electron chi connectivity index (χ1n) is 7.60. The van der Waals surface area contributed by atoms with Crippen molar-refractivity contribution in [2.75, 3.05) is 6.54 Å². The number of amides is 1. The predicted molar refractivity (Wildman–Crippen MR) is 92.9 cm³/mol. The van der Waals surface area contributed by atoms with Crippen LogP contribution in [0.15, 0.2) is 12.3 Å². The molecule has 1 heterocycles. The van der Waals surface area contributed by atoms with Crippen molar-refractivity contribution in [3.63, 3.8) is 0 Å². The van der Waals surface area contributed by atoms with Gasteiger partial charge in [-0.2, -0.15) is 0 Å². The molecule has 1 rings (SSSR count). The number of thiazole rings is 1. The number of nitrogens with one attached hydrogen (secondary N) is 1. The highest BCUT2D eigenvalue weighted by Gasteiger charge is 2.20. The van der Waals surface area contributed by atoms with Crippen LogP contribution < -0.4 is 5.32 Å². The monoisotopic (exact) mass is 324 g/mol. The summed E-state index contributed by atoms with van der Waals surface area (Å²) in [6.07, 6.45) is 5.42. The van der Waals surface area contributed by atoms with Gasteiger partial charge in [0.15, 0.2) is 0 Å². The van der Waals surface area contributed by atoms with E-state index in [1.807, 2.05) is 13.8 Å². The molecule has 1 unspecified atom stereocenters. The van der Waals surface area contributed by atoms with Crippen molar-refractivity contribution < 1.29 is 9.90 Å². The molecule has 1 amide bonds. The minimum Gasteiger partial charge on any atom is -0.393 e. The van der Waals surface area contributed by atoms with Gasteiger partial charge in [0.05, 0.1) is 11.1 Å². The fourth-order valence-electron chi connectivity index (χ4n) is 2.13. The largest absolute Gasteiger partial charge is 0.393 e. The minimum absolute atomic E-state index is 0.0318. The van der Waals surface area contributed by atoms with E-state index in [1.54, 1.807) is 36.6 Å². The molecule has 5 heteroatoms. The number of nitrogens with zero attached hydrogens (tertiary/aromatic N) is 1. The number of aliphatic hydroxyl groups excluding tert-OH is 1. The summed E-state index contributed by atoms with van der Waals surface area (Å²) in [6.45, 7) is 12.7. The van der Waals surface area contributed by atoms with Crippen LogP contribution in [0.25, 0.3) is 6.08 Å². The summed E-state index contributed by atoms with van der Waals surface area (Å²) in [5.74, 6) is -0.121. The van der Waals surface area contributed by atoms with E-state index in [9.17, 15) is 9.90 Å².